The molecule has 1 saturated heterocycles. The Morgan fingerprint density at radius 3 is 2.50 bits per heavy atom. The topological polar surface area (TPSA) is 75.8 Å². The molecule has 1 rings (SSSR count). The molecule has 5 heteroatoms. The van der Waals surface area contributed by atoms with Gasteiger partial charge >= 0.3 is 5.97 Å². The number of morpholine rings is 1. The first kappa shape index (κ1) is 15.4. The Hall–Kier alpha value is -0.650. The Bertz CT molecular complexity index is 265. The van der Waals surface area contributed by atoms with Crippen LogP contribution in [0, 0.1) is 11.3 Å². The third-order valence-corrected chi connectivity index (χ3v) is 3.65. The maximum absolute atomic E-state index is 11.5. The molecule has 0 spiro atoms. The lowest BCUT2D eigenvalue weighted by Crippen LogP contribution is -2.44. The number of ether oxygens (including phenoxy) is 1. The summed E-state index contributed by atoms with van der Waals surface area (Å²) >= 11 is 0. The van der Waals surface area contributed by atoms with Gasteiger partial charge in [0.15, 0.2) is 0 Å². The Morgan fingerprint density at radius 1 is 1.44 bits per heavy atom. The zero-order valence-electron chi connectivity index (χ0n) is 11.5. The zero-order valence-corrected chi connectivity index (χ0v) is 11.5. The molecular weight excluding hydrogens is 232 g/mol. The fraction of sp³-hybridized carbons (Fsp3) is 0.923. The van der Waals surface area contributed by atoms with Gasteiger partial charge in [-0.2, -0.15) is 0 Å². The van der Waals surface area contributed by atoms with Gasteiger partial charge in [0.25, 0.3) is 0 Å². The van der Waals surface area contributed by atoms with Gasteiger partial charge in [0.05, 0.1) is 18.6 Å². The Balaban J connectivity index is 2.56. The first-order valence-corrected chi connectivity index (χ1v) is 6.74. The maximum Gasteiger partial charge on any atom is 0.310 e. The fourth-order valence-electron chi connectivity index (χ4n) is 2.55. The van der Waals surface area contributed by atoms with Crippen LogP contribution in [0.5, 0.6) is 0 Å². The maximum atomic E-state index is 11.5. The number of nitrogens with two attached hydrogens (primary N) is 1. The van der Waals surface area contributed by atoms with Gasteiger partial charge in [0.2, 0.25) is 0 Å². The molecule has 18 heavy (non-hydrogen) atoms. The van der Waals surface area contributed by atoms with E-state index >= 15 is 0 Å². The van der Waals surface area contributed by atoms with Crippen molar-refractivity contribution in [3.8, 4) is 0 Å². The number of aliphatic carboxylic acids is 1. The lowest BCUT2D eigenvalue weighted by atomic mass is 9.77. The summed E-state index contributed by atoms with van der Waals surface area (Å²) in [7, 11) is 0. The monoisotopic (exact) mass is 258 g/mol. The Labute approximate surface area is 109 Å². The number of carbonyl (C=O) groups is 1. The number of nitrogens with zero attached hydrogens (tertiary/aromatic N) is 1. The van der Waals surface area contributed by atoms with Crippen molar-refractivity contribution in [2.24, 2.45) is 17.1 Å². The van der Waals surface area contributed by atoms with E-state index in [1.54, 1.807) is 0 Å². The second kappa shape index (κ2) is 7.07. The summed E-state index contributed by atoms with van der Waals surface area (Å²) in [6.07, 6.45) is 1.26. The summed E-state index contributed by atoms with van der Waals surface area (Å²) in [5, 5.41) is 9.48. The molecule has 0 aromatic rings. The van der Waals surface area contributed by atoms with Crippen molar-refractivity contribution in [3.63, 3.8) is 0 Å². The molecule has 3 N–H and O–H groups in total. The van der Waals surface area contributed by atoms with Crippen molar-refractivity contribution >= 4 is 5.97 Å². The molecule has 1 fully saturated rings. The predicted octanol–water partition coefficient (Wildman–Crippen LogP) is 0.785. The smallest absolute Gasteiger partial charge is 0.310 e. The molecule has 106 valence electrons. The highest BCUT2D eigenvalue weighted by atomic mass is 16.5. The SMILES string of the molecule is CC(C)CC(CN)(CCN1CCOCC1)C(=O)O. The molecule has 1 unspecified atom stereocenters. The first-order chi connectivity index (χ1) is 8.50. The minimum Gasteiger partial charge on any atom is -0.481 e. The van der Waals surface area contributed by atoms with Crippen LogP contribution in [0.1, 0.15) is 26.7 Å². The molecule has 0 saturated carbocycles. The molecule has 0 aromatic heterocycles. The van der Waals surface area contributed by atoms with E-state index in [4.69, 9.17) is 10.5 Å². The molecule has 0 aliphatic carbocycles. The first-order valence-electron chi connectivity index (χ1n) is 6.74. The highest BCUT2D eigenvalue weighted by Crippen LogP contribution is 2.30. The molecule has 1 heterocycles. The van der Waals surface area contributed by atoms with Crippen molar-refractivity contribution in [2.75, 3.05) is 39.4 Å². The van der Waals surface area contributed by atoms with E-state index in [9.17, 15) is 9.90 Å². The van der Waals surface area contributed by atoms with Crippen molar-refractivity contribution in [1.82, 2.24) is 4.90 Å². The number of hydrogen-bond acceptors (Lipinski definition) is 4. The molecule has 1 aliphatic heterocycles. The Morgan fingerprint density at radius 2 is 2.06 bits per heavy atom. The third kappa shape index (κ3) is 4.23. The van der Waals surface area contributed by atoms with Crippen LogP contribution < -0.4 is 5.73 Å². The van der Waals surface area contributed by atoms with Crippen molar-refractivity contribution < 1.29 is 14.6 Å². The molecule has 0 radical (unpaired) electrons. The molecule has 0 bridgehead atoms. The van der Waals surface area contributed by atoms with Gasteiger partial charge in [0, 0.05) is 19.6 Å². The van der Waals surface area contributed by atoms with Crippen LogP contribution in [0.3, 0.4) is 0 Å². The fourth-order valence-corrected chi connectivity index (χ4v) is 2.55. The molecular formula is C13H26N2O3. The molecule has 1 atom stereocenters. The minimum absolute atomic E-state index is 0.213. The molecule has 0 aromatic carbocycles. The molecule has 1 aliphatic rings. The molecule has 0 amide bonds. The molecule has 5 nitrogen and oxygen atoms in total. The summed E-state index contributed by atoms with van der Waals surface area (Å²) in [4.78, 5) is 13.8. The summed E-state index contributed by atoms with van der Waals surface area (Å²) < 4.78 is 5.29. The Kier molecular flexibility index (Phi) is 6.05. The highest BCUT2D eigenvalue weighted by Gasteiger charge is 2.37. The lowest BCUT2D eigenvalue weighted by molar-refractivity contribution is -0.150. The average molecular weight is 258 g/mol. The van der Waals surface area contributed by atoms with Crippen LogP contribution in [0.15, 0.2) is 0 Å². The van der Waals surface area contributed by atoms with Crippen molar-refractivity contribution in [3.05, 3.63) is 0 Å². The standard InChI is InChI=1S/C13H26N2O3/c1-11(2)9-13(10-14,12(16)17)3-4-15-5-7-18-8-6-15/h11H,3-10,14H2,1-2H3,(H,16,17). The number of rotatable bonds is 7. The van der Waals surface area contributed by atoms with Gasteiger partial charge in [-0.25, -0.2) is 0 Å². The van der Waals surface area contributed by atoms with Crippen LogP contribution in [-0.2, 0) is 9.53 Å². The minimum atomic E-state index is -0.771. The van der Waals surface area contributed by atoms with Gasteiger partial charge in [-0.3, -0.25) is 9.69 Å². The second-order valence-corrected chi connectivity index (χ2v) is 5.59. The largest absolute Gasteiger partial charge is 0.481 e. The zero-order chi connectivity index (χ0) is 13.6. The van der Waals surface area contributed by atoms with Gasteiger partial charge in [-0.1, -0.05) is 13.8 Å². The van der Waals surface area contributed by atoms with Gasteiger partial charge < -0.3 is 15.6 Å². The van der Waals surface area contributed by atoms with E-state index in [0.29, 0.717) is 18.8 Å². The summed E-state index contributed by atoms with van der Waals surface area (Å²) in [5.41, 5.74) is 4.98. The van der Waals surface area contributed by atoms with Gasteiger partial charge in [0.1, 0.15) is 0 Å². The lowest BCUT2D eigenvalue weighted by Gasteiger charge is -2.33. The second-order valence-electron chi connectivity index (χ2n) is 5.59. The van der Waals surface area contributed by atoms with Crippen molar-refractivity contribution in [1.29, 1.82) is 0 Å². The van der Waals surface area contributed by atoms with E-state index in [-0.39, 0.29) is 6.54 Å². The van der Waals surface area contributed by atoms with E-state index in [2.05, 4.69) is 4.90 Å². The van der Waals surface area contributed by atoms with Gasteiger partial charge in [-0.15, -0.1) is 0 Å². The summed E-state index contributed by atoms with van der Waals surface area (Å²) in [5.74, 6) is -0.415. The highest BCUT2D eigenvalue weighted by molar-refractivity contribution is 5.75. The van der Waals surface area contributed by atoms with Crippen LogP contribution in [0.2, 0.25) is 0 Å². The van der Waals surface area contributed by atoms with Crippen LogP contribution in [0.4, 0.5) is 0 Å². The number of carboxylic acids is 1. The summed E-state index contributed by atoms with van der Waals surface area (Å²) in [6.45, 7) is 8.36. The quantitative estimate of drug-likeness (QED) is 0.706. The number of hydrogen-bond donors (Lipinski definition) is 2. The third-order valence-electron chi connectivity index (χ3n) is 3.65. The van der Waals surface area contributed by atoms with E-state index in [0.717, 1.165) is 32.8 Å². The predicted molar refractivity (Wildman–Crippen MR) is 70.5 cm³/mol. The van der Waals surface area contributed by atoms with E-state index in [1.165, 1.54) is 0 Å². The van der Waals surface area contributed by atoms with E-state index in [1.807, 2.05) is 13.8 Å². The van der Waals surface area contributed by atoms with Crippen molar-refractivity contribution in [2.45, 2.75) is 26.7 Å². The normalized spacial score (nSPS) is 20.9. The van der Waals surface area contributed by atoms with Crippen LogP contribution in [-0.4, -0.2) is 55.4 Å². The van der Waals surface area contributed by atoms with Crippen LogP contribution in [0.25, 0.3) is 0 Å². The number of carboxylic acid groups (broad SMARTS) is 1. The van der Waals surface area contributed by atoms with Crippen LogP contribution >= 0.6 is 0 Å². The summed E-state index contributed by atoms with van der Waals surface area (Å²) in [6, 6.07) is 0. The average Bonchev–Trinajstić information content (AvgIpc) is 2.35. The van der Waals surface area contributed by atoms with Gasteiger partial charge in [-0.05, 0) is 25.3 Å². The van der Waals surface area contributed by atoms with E-state index < -0.39 is 11.4 Å².